The first-order valence-electron chi connectivity index (χ1n) is 10.0. The predicted molar refractivity (Wildman–Crippen MR) is 119 cm³/mol. The Bertz CT molecular complexity index is 1120. The number of nitrogens with zero attached hydrogens (tertiary/aromatic N) is 1. The van der Waals surface area contributed by atoms with E-state index in [0.717, 1.165) is 31.5 Å². The van der Waals surface area contributed by atoms with E-state index in [4.69, 9.17) is 27.6 Å². The minimum Gasteiger partial charge on any atom is -0.451 e. The van der Waals surface area contributed by atoms with Gasteiger partial charge in [0.05, 0.1) is 11.4 Å². The molecule has 1 aliphatic heterocycles. The van der Waals surface area contributed by atoms with Crippen LogP contribution in [-0.4, -0.2) is 30.4 Å². The molecular weight excluding hydrogens is 423 g/mol. The Balaban J connectivity index is 1.56. The fourth-order valence-electron chi connectivity index (χ4n) is 3.93. The van der Waals surface area contributed by atoms with Gasteiger partial charge in [-0.2, -0.15) is 0 Å². The molecule has 156 valence electrons. The van der Waals surface area contributed by atoms with Gasteiger partial charge in [0, 0.05) is 22.7 Å². The maximum atomic E-state index is 12.8. The van der Waals surface area contributed by atoms with E-state index in [2.05, 4.69) is 10.2 Å². The van der Waals surface area contributed by atoms with Crippen molar-refractivity contribution < 1.29 is 9.21 Å². The largest absolute Gasteiger partial charge is 0.451 e. The molecule has 1 saturated heterocycles. The van der Waals surface area contributed by atoms with Crippen LogP contribution in [0.25, 0.3) is 11.0 Å². The van der Waals surface area contributed by atoms with Gasteiger partial charge in [0.2, 0.25) is 0 Å². The molecule has 1 aromatic heterocycles. The third kappa shape index (κ3) is 4.53. The second-order valence-electron chi connectivity index (χ2n) is 7.46. The van der Waals surface area contributed by atoms with Gasteiger partial charge in [-0.25, -0.2) is 0 Å². The number of hydrogen-bond acceptors (Lipinski definition) is 4. The smallest absolute Gasteiger partial charge is 0.287 e. The van der Waals surface area contributed by atoms with Crippen molar-refractivity contribution in [2.45, 2.75) is 25.3 Å². The average molecular weight is 445 g/mol. The molecule has 0 aliphatic carbocycles. The molecule has 3 aromatic rings. The summed E-state index contributed by atoms with van der Waals surface area (Å²) in [5.74, 6) is -0.454. The van der Waals surface area contributed by atoms with Crippen LogP contribution < -0.4 is 10.7 Å². The van der Waals surface area contributed by atoms with Gasteiger partial charge < -0.3 is 9.73 Å². The molecule has 4 rings (SSSR count). The molecule has 1 N–H and O–H groups in total. The number of carbonyl (C=O) groups excluding carboxylic acids is 1. The first kappa shape index (κ1) is 20.9. The van der Waals surface area contributed by atoms with E-state index >= 15 is 0 Å². The molecule has 1 aliphatic rings. The SMILES string of the molecule is O=C(NC[C@@H](c1ccccc1Cl)N1CCCCC1)c1cc(=O)c2cc(Cl)ccc2o1. The van der Waals surface area contributed by atoms with Crippen LogP contribution in [0.5, 0.6) is 0 Å². The van der Waals surface area contributed by atoms with Crippen molar-refractivity contribution in [1.82, 2.24) is 10.2 Å². The molecule has 0 bridgehead atoms. The Morgan fingerprint density at radius 1 is 1.07 bits per heavy atom. The zero-order valence-corrected chi connectivity index (χ0v) is 17.9. The number of halogens is 2. The second-order valence-corrected chi connectivity index (χ2v) is 8.30. The lowest BCUT2D eigenvalue weighted by molar-refractivity contribution is 0.0897. The Labute approximate surface area is 184 Å². The van der Waals surface area contributed by atoms with Gasteiger partial charge >= 0.3 is 0 Å². The maximum Gasteiger partial charge on any atom is 0.287 e. The normalized spacial score (nSPS) is 15.8. The molecule has 1 atom stereocenters. The van der Waals surface area contributed by atoms with Gasteiger partial charge in [-0.1, -0.05) is 47.8 Å². The van der Waals surface area contributed by atoms with Gasteiger partial charge in [-0.3, -0.25) is 14.5 Å². The van der Waals surface area contributed by atoms with Crippen LogP contribution in [0.4, 0.5) is 0 Å². The highest BCUT2D eigenvalue weighted by Crippen LogP contribution is 2.29. The Morgan fingerprint density at radius 3 is 2.60 bits per heavy atom. The zero-order chi connectivity index (χ0) is 21.1. The van der Waals surface area contributed by atoms with Crippen LogP contribution in [0.3, 0.4) is 0 Å². The first-order chi connectivity index (χ1) is 14.5. The lowest BCUT2D eigenvalue weighted by atomic mass is 10.0. The molecular formula is C23H22Cl2N2O3. The number of hydrogen-bond donors (Lipinski definition) is 1. The van der Waals surface area contributed by atoms with Crippen molar-refractivity contribution in [3.05, 3.63) is 80.1 Å². The van der Waals surface area contributed by atoms with Gasteiger partial charge in [-0.15, -0.1) is 0 Å². The summed E-state index contributed by atoms with van der Waals surface area (Å²) in [6.45, 7) is 2.28. The minimum atomic E-state index is -0.432. The average Bonchev–Trinajstić information content (AvgIpc) is 2.76. The van der Waals surface area contributed by atoms with E-state index in [-0.39, 0.29) is 17.2 Å². The number of carbonyl (C=O) groups is 1. The van der Waals surface area contributed by atoms with Gasteiger partial charge in [-0.05, 0) is 55.8 Å². The van der Waals surface area contributed by atoms with Crippen LogP contribution in [-0.2, 0) is 0 Å². The van der Waals surface area contributed by atoms with E-state index < -0.39 is 5.91 Å². The van der Waals surface area contributed by atoms with Gasteiger partial charge in [0.15, 0.2) is 11.2 Å². The molecule has 0 spiro atoms. The Hall–Kier alpha value is -2.34. The number of amides is 1. The quantitative estimate of drug-likeness (QED) is 0.597. The number of fused-ring (bicyclic) bond motifs is 1. The summed E-state index contributed by atoms with van der Waals surface area (Å²) < 4.78 is 5.66. The van der Waals surface area contributed by atoms with Crippen molar-refractivity contribution in [2.75, 3.05) is 19.6 Å². The number of piperidine rings is 1. The van der Waals surface area contributed by atoms with Crippen LogP contribution >= 0.6 is 23.2 Å². The van der Waals surface area contributed by atoms with Gasteiger partial charge in [0.1, 0.15) is 5.58 Å². The van der Waals surface area contributed by atoms with E-state index in [9.17, 15) is 9.59 Å². The molecule has 2 heterocycles. The third-order valence-electron chi connectivity index (χ3n) is 5.46. The molecule has 7 heteroatoms. The van der Waals surface area contributed by atoms with E-state index in [0.29, 0.717) is 27.6 Å². The lowest BCUT2D eigenvalue weighted by Gasteiger charge is -2.35. The summed E-state index contributed by atoms with van der Waals surface area (Å²) in [5, 5.41) is 4.39. The molecule has 1 fully saturated rings. The number of likely N-dealkylation sites (tertiary alicyclic amines) is 1. The topological polar surface area (TPSA) is 62.6 Å². The summed E-state index contributed by atoms with van der Waals surface area (Å²) in [7, 11) is 0. The third-order valence-corrected chi connectivity index (χ3v) is 6.04. The predicted octanol–water partition coefficient (Wildman–Crippen LogP) is 5.06. The highest BCUT2D eigenvalue weighted by Gasteiger charge is 2.25. The van der Waals surface area contributed by atoms with Gasteiger partial charge in [0.25, 0.3) is 5.91 Å². The number of nitrogens with one attached hydrogen (secondary N) is 1. The summed E-state index contributed by atoms with van der Waals surface area (Å²) in [4.78, 5) is 27.5. The molecule has 0 saturated carbocycles. The second kappa shape index (κ2) is 9.21. The highest BCUT2D eigenvalue weighted by atomic mass is 35.5. The summed E-state index contributed by atoms with van der Waals surface area (Å²) in [5.41, 5.74) is 1.01. The Kier molecular flexibility index (Phi) is 6.42. The molecule has 1 amide bonds. The van der Waals surface area contributed by atoms with Crippen LogP contribution in [0.15, 0.2) is 57.7 Å². The van der Waals surface area contributed by atoms with E-state index in [1.165, 1.54) is 18.6 Å². The number of rotatable bonds is 5. The van der Waals surface area contributed by atoms with E-state index in [1.54, 1.807) is 12.1 Å². The molecule has 30 heavy (non-hydrogen) atoms. The Morgan fingerprint density at radius 2 is 1.83 bits per heavy atom. The van der Waals surface area contributed by atoms with Crippen molar-refractivity contribution in [2.24, 2.45) is 0 Å². The fraction of sp³-hybridized carbons (Fsp3) is 0.304. The highest BCUT2D eigenvalue weighted by molar-refractivity contribution is 6.31. The molecule has 5 nitrogen and oxygen atoms in total. The standard InChI is InChI=1S/C23H22Cl2N2O3/c24-15-8-9-21-17(12-15)20(28)13-22(30-21)23(29)26-14-19(27-10-4-1-5-11-27)16-6-2-3-7-18(16)25/h2-3,6-9,12-13,19H,1,4-5,10-11,14H2,(H,26,29)/t19-/m0/s1. The van der Waals surface area contributed by atoms with Crippen molar-refractivity contribution in [3.63, 3.8) is 0 Å². The maximum absolute atomic E-state index is 12.8. The zero-order valence-electron chi connectivity index (χ0n) is 16.4. The number of benzene rings is 2. The molecule has 2 aromatic carbocycles. The molecule has 0 radical (unpaired) electrons. The van der Waals surface area contributed by atoms with E-state index in [1.807, 2.05) is 24.3 Å². The molecule has 0 unspecified atom stereocenters. The first-order valence-corrected chi connectivity index (χ1v) is 10.8. The van der Waals surface area contributed by atoms with Crippen LogP contribution in [0.1, 0.15) is 41.4 Å². The summed E-state index contributed by atoms with van der Waals surface area (Å²) >= 11 is 12.4. The van der Waals surface area contributed by atoms with Crippen molar-refractivity contribution in [1.29, 1.82) is 0 Å². The van der Waals surface area contributed by atoms with Crippen LogP contribution in [0, 0.1) is 0 Å². The summed E-state index contributed by atoms with van der Waals surface area (Å²) in [6, 6.07) is 13.6. The monoisotopic (exact) mass is 444 g/mol. The summed E-state index contributed by atoms with van der Waals surface area (Å²) in [6.07, 6.45) is 3.46. The fourth-order valence-corrected chi connectivity index (χ4v) is 4.36. The minimum absolute atomic E-state index is 0.0219. The van der Waals surface area contributed by atoms with Crippen LogP contribution in [0.2, 0.25) is 10.0 Å². The van der Waals surface area contributed by atoms with Crippen molar-refractivity contribution in [3.8, 4) is 0 Å². The van der Waals surface area contributed by atoms with Crippen molar-refractivity contribution >= 4 is 40.1 Å². The lowest BCUT2D eigenvalue weighted by Crippen LogP contribution is -2.40.